The number of carbonyl (C=O) groups excluding carboxylic acids is 1. The van der Waals surface area contributed by atoms with E-state index in [0.717, 1.165) is 6.42 Å². The molecule has 0 fully saturated rings. The zero-order valence-electron chi connectivity index (χ0n) is 5.98. The summed E-state index contributed by atoms with van der Waals surface area (Å²) in [5.41, 5.74) is 0. The van der Waals surface area contributed by atoms with Gasteiger partial charge in [-0.1, -0.05) is 12.2 Å². The van der Waals surface area contributed by atoms with Crippen molar-refractivity contribution in [3.05, 3.63) is 12.2 Å². The fourth-order valence-corrected chi connectivity index (χ4v) is 0.506. The molecule has 0 rings (SSSR count). The van der Waals surface area contributed by atoms with Crippen LogP contribution in [0.2, 0.25) is 0 Å². The van der Waals surface area contributed by atoms with Crippen molar-refractivity contribution < 1.29 is 4.79 Å². The lowest BCUT2D eigenvalue weighted by molar-refractivity contribution is -0.120. The third kappa shape index (κ3) is 5.07. The van der Waals surface area contributed by atoms with E-state index < -0.39 is 0 Å². The Balaban J connectivity index is 3.17. The molecule has 0 atom stereocenters. The van der Waals surface area contributed by atoms with E-state index in [1.165, 1.54) is 0 Å². The molecular weight excluding hydrogens is 114 g/mol. The van der Waals surface area contributed by atoms with Gasteiger partial charge in [-0.25, -0.2) is 0 Å². The van der Waals surface area contributed by atoms with Crippen LogP contribution in [0.3, 0.4) is 0 Å². The lowest BCUT2D eigenvalue weighted by Crippen LogP contribution is -2.16. The number of nitrogens with one attached hydrogen (secondary N) is 1. The number of hydrogen-bond acceptors (Lipinski definition) is 1. The van der Waals surface area contributed by atoms with Crippen LogP contribution < -0.4 is 5.32 Å². The van der Waals surface area contributed by atoms with E-state index in [2.05, 4.69) is 5.32 Å². The van der Waals surface area contributed by atoms with E-state index in [-0.39, 0.29) is 5.91 Å². The number of amides is 1. The van der Waals surface area contributed by atoms with Crippen molar-refractivity contribution >= 4 is 5.91 Å². The van der Waals surface area contributed by atoms with Gasteiger partial charge in [0.2, 0.25) is 5.91 Å². The summed E-state index contributed by atoms with van der Waals surface area (Å²) in [6, 6.07) is 0. The average molecular weight is 127 g/mol. The summed E-state index contributed by atoms with van der Waals surface area (Å²) < 4.78 is 0. The van der Waals surface area contributed by atoms with Crippen molar-refractivity contribution in [2.75, 3.05) is 7.05 Å². The van der Waals surface area contributed by atoms with Crippen molar-refractivity contribution in [3.8, 4) is 0 Å². The molecule has 0 aliphatic carbocycles. The van der Waals surface area contributed by atoms with Gasteiger partial charge in [-0.05, 0) is 13.3 Å². The van der Waals surface area contributed by atoms with E-state index in [4.69, 9.17) is 0 Å². The van der Waals surface area contributed by atoms with Gasteiger partial charge >= 0.3 is 0 Å². The van der Waals surface area contributed by atoms with Crippen molar-refractivity contribution in [2.45, 2.75) is 19.8 Å². The number of allylic oxidation sites excluding steroid dienone is 2. The second kappa shape index (κ2) is 5.35. The number of rotatable bonds is 3. The van der Waals surface area contributed by atoms with Gasteiger partial charge in [0.1, 0.15) is 0 Å². The van der Waals surface area contributed by atoms with E-state index in [1.807, 2.05) is 19.1 Å². The normalized spacial score (nSPS) is 10.0. The molecule has 0 aromatic carbocycles. The van der Waals surface area contributed by atoms with Crippen LogP contribution >= 0.6 is 0 Å². The minimum Gasteiger partial charge on any atom is -0.359 e. The highest BCUT2D eigenvalue weighted by Crippen LogP contribution is 1.88. The monoisotopic (exact) mass is 127 g/mol. The molecule has 0 unspecified atom stereocenters. The summed E-state index contributed by atoms with van der Waals surface area (Å²) in [4.78, 5) is 10.5. The van der Waals surface area contributed by atoms with E-state index in [9.17, 15) is 4.79 Å². The predicted octanol–water partition coefficient (Wildman–Crippen LogP) is 1.09. The standard InChI is InChI=1S/C7H13NO/c1-3-4-5-6-7(9)8-2/h3-4H,5-6H2,1-2H3,(H,8,9)/b4-3+. The second-order valence-electron chi connectivity index (χ2n) is 1.78. The third-order valence-corrected chi connectivity index (χ3v) is 1.05. The zero-order chi connectivity index (χ0) is 7.11. The first-order valence-corrected chi connectivity index (χ1v) is 3.13. The first-order chi connectivity index (χ1) is 4.31. The van der Waals surface area contributed by atoms with E-state index in [1.54, 1.807) is 7.05 Å². The van der Waals surface area contributed by atoms with Gasteiger partial charge in [-0.15, -0.1) is 0 Å². The summed E-state index contributed by atoms with van der Waals surface area (Å²) in [5, 5.41) is 2.55. The van der Waals surface area contributed by atoms with Crippen molar-refractivity contribution in [1.82, 2.24) is 5.32 Å². The predicted molar refractivity (Wildman–Crippen MR) is 38.1 cm³/mol. The number of hydrogen-bond donors (Lipinski definition) is 1. The number of carbonyl (C=O) groups is 1. The molecule has 0 bridgehead atoms. The Morgan fingerprint density at radius 2 is 2.33 bits per heavy atom. The Labute approximate surface area is 56.0 Å². The fraction of sp³-hybridized carbons (Fsp3) is 0.571. The Bertz CT molecular complexity index is 107. The minimum atomic E-state index is 0.105. The van der Waals surface area contributed by atoms with Crippen LogP contribution in [0.4, 0.5) is 0 Å². The fourth-order valence-electron chi connectivity index (χ4n) is 0.506. The minimum absolute atomic E-state index is 0.105. The Kier molecular flexibility index (Phi) is 4.88. The average Bonchev–Trinajstić information content (AvgIpc) is 1.89. The van der Waals surface area contributed by atoms with Crippen LogP contribution in [-0.4, -0.2) is 13.0 Å². The lowest BCUT2D eigenvalue weighted by Gasteiger charge is -1.92. The van der Waals surface area contributed by atoms with Gasteiger partial charge in [0.05, 0.1) is 0 Å². The first kappa shape index (κ1) is 8.21. The molecule has 0 aliphatic rings. The van der Waals surface area contributed by atoms with Gasteiger partial charge in [0.15, 0.2) is 0 Å². The summed E-state index contributed by atoms with van der Waals surface area (Å²) in [5.74, 6) is 0.105. The van der Waals surface area contributed by atoms with Crippen LogP contribution in [0, 0.1) is 0 Å². The molecule has 0 aromatic rings. The Morgan fingerprint density at radius 1 is 1.67 bits per heavy atom. The van der Waals surface area contributed by atoms with Gasteiger partial charge in [-0.3, -0.25) is 4.79 Å². The molecule has 1 amide bonds. The Morgan fingerprint density at radius 3 is 2.78 bits per heavy atom. The molecule has 0 aliphatic heterocycles. The largest absolute Gasteiger partial charge is 0.359 e. The van der Waals surface area contributed by atoms with Crippen molar-refractivity contribution in [3.63, 3.8) is 0 Å². The molecule has 2 nitrogen and oxygen atoms in total. The van der Waals surface area contributed by atoms with Gasteiger partial charge in [0.25, 0.3) is 0 Å². The molecule has 9 heavy (non-hydrogen) atoms. The third-order valence-electron chi connectivity index (χ3n) is 1.05. The molecule has 0 radical (unpaired) electrons. The van der Waals surface area contributed by atoms with Gasteiger partial charge in [0, 0.05) is 13.5 Å². The molecule has 0 aromatic heterocycles. The summed E-state index contributed by atoms with van der Waals surface area (Å²) in [7, 11) is 1.65. The summed E-state index contributed by atoms with van der Waals surface area (Å²) >= 11 is 0. The maximum Gasteiger partial charge on any atom is 0.220 e. The molecule has 52 valence electrons. The topological polar surface area (TPSA) is 29.1 Å². The summed E-state index contributed by atoms with van der Waals surface area (Å²) in [6.07, 6.45) is 5.37. The van der Waals surface area contributed by atoms with Crippen LogP contribution in [0.25, 0.3) is 0 Å². The van der Waals surface area contributed by atoms with Gasteiger partial charge < -0.3 is 5.32 Å². The molecule has 0 saturated carbocycles. The molecule has 0 heterocycles. The van der Waals surface area contributed by atoms with Gasteiger partial charge in [-0.2, -0.15) is 0 Å². The summed E-state index contributed by atoms with van der Waals surface area (Å²) in [6.45, 7) is 1.95. The maximum atomic E-state index is 10.5. The molecule has 1 N–H and O–H groups in total. The lowest BCUT2D eigenvalue weighted by atomic mass is 10.3. The highest BCUT2D eigenvalue weighted by Gasteiger charge is 1.91. The van der Waals surface area contributed by atoms with Crippen molar-refractivity contribution in [1.29, 1.82) is 0 Å². The quantitative estimate of drug-likeness (QED) is 0.565. The molecule has 0 spiro atoms. The van der Waals surface area contributed by atoms with E-state index >= 15 is 0 Å². The highest BCUT2D eigenvalue weighted by atomic mass is 16.1. The SMILES string of the molecule is C/C=C/CCC(=O)NC. The highest BCUT2D eigenvalue weighted by molar-refractivity contribution is 5.75. The second-order valence-corrected chi connectivity index (χ2v) is 1.78. The first-order valence-electron chi connectivity index (χ1n) is 3.13. The molecular formula is C7H13NO. The van der Waals surface area contributed by atoms with Crippen LogP contribution in [-0.2, 0) is 4.79 Å². The van der Waals surface area contributed by atoms with Crippen LogP contribution in [0.15, 0.2) is 12.2 Å². The zero-order valence-corrected chi connectivity index (χ0v) is 5.98. The van der Waals surface area contributed by atoms with Crippen molar-refractivity contribution in [2.24, 2.45) is 0 Å². The Hall–Kier alpha value is -0.790. The van der Waals surface area contributed by atoms with Crippen LogP contribution in [0.5, 0.6) is 0 Å². The smallest absolute Gasteiger partial charge is 0.220 e. The molecule has 0 saturated heterocycles. The molecule has 2 heteroatoms. The van der Waals surface area contributed by atoms with Crippen LogP contribution in [0.1, 0.15) is 19.8 Å². The van der Waals surface area contributed by atoms with E-state index in [0.29, 0.717) is 6.42 Å². The maximum absolute atomic E-state index is 10.5.